The Bertz CT molecular complexity index is 447. The molecule has 0 spiro atoms. The van der Waals surface area contributed by atoms with E-state index in [1.54, 1.807) is 0 Å². The molecule has 0 aromatic heterocycles. The predicted octanol–water partition coefficient (Wildman–Crippen LogP) is 1.47. The van der Waals surface area contributed by atoms with Gasteiger partial charge in [0.1, 0.15) is 5.75 Å². The number of thiocarbonyl (C=S) groups is 1. The number of nitrogens with two attached hydrogens (primary N) is 1. The lowest BCUT2D eigenvalue weighted by Gasteiger charge is -2.10. The zero-order valence-electron chi connectivity index (χ0n) is 10.7. The highest BCUT2D eigenvalue weighted by molar-refractivity contribution is 7.80. The molecule has 18 heavy (non-hydrogen) atoms. The number of hydrogen-bond acceptors (Lipinski definition) is 3. The van der Waals surface area contributed by atoms with Gasteiger partial charge in [0.25, 0.3) is 0 Å². The summed E-state index contributed by atoms with van der Waals surface area (Å²) >= 11 is 4.67. The van der Waals surface area contributed by atoms with Crippen molar-refractivity contribution in [2.24, 2.45) is 5.73 Å². The fraction of sp³-hybridized carbons (Fsp3) is 0.385. The van der Waals surface area contributed by atoms with Gasteiger partial charge in [-0.15, -0.1) is 0 Å². The van der Waals surface area contributed by atoms with Crippen LogP contribution in [0.5, 0.6) is 5.75 Å². The third-order valence-electron chi connectivity index (χ3n) is 2.60. The van der Waals surface area contributed by atoms with Crippen LogP contribution in [0.25, 0.3) is 0 Å². The van der Waals surface area contributed by atoms with Crippen LogP contribution in [0, 0.1) is 13.8 Å². The van der Waals surface area contributed by atoms with Crippen molar-refractivity contribution in [3.8, 4) is 5.75 Å². The first kappa shape index (κ1) is 14.4. The Labute approximate surface area is 113 Å². The molecule has 0 aliphatic heterocycles. The maximum Gasteiger partial charge on any atom is 0.223 e. The van der Waals surface area contributed by atoms with Crippen LogP contribution in [0.4, 0.5) is 0 Å². The van der Waals surface area contributed by atoms with E-state index >= 15 is 0 Å². The number of benzene rings is 1. The molecule has 3 N–H and O–H groups in total. The van der Waals surface area contributed by atoms with Crippen molar-refractivity contribution in [2.75, 3.05) is 13.2 Å². The van der Waals surface area contributed by atoms with E-state index in [2.05, 4.69) is 17.5 Å². The highest BCUT2D eigenvalue weighted by Crippen LogP contribution is 2.20. The molecule has 0 saturated carbocycles. The molecule has 0 atom stereocenters. The van der Waals surface area contributed by atoms with Gasteiger partial charge in [0.2, 0.25) is 5.91 Å². The quantitative estimate of drug-likeness (QED) is 0.765. The molecule has 98 valence electrons. The highest BCUT2D eigenvalue weighted by atomic mass is 32.1. The van der Waals surface area contributed by atoms with Crippen LogP contribution < -0.4 is 15.8 Å². The number of amides is 1. The standard InChI is InChI=1S/C13H18N2O2S/c1-9-4-3-5-11(10(9)2)17-7-6-13(16)15-8-12(14)18/h3-5H,6-8H2,1-2H3,(H2,14,18)(H,15,16). The molecule has 1 amide bonds. The van der Waals surface area contributed by atoms with Crippen LogP contribution in [-0.4, -0.2) is 24.0 Å². The minimum absolute atomic E-state index is 0.117. The number of aryl methyl sites for hydroxylation is 1. The maximum absolute atomic E-state index is 11.4. The van der Waals surface area contributed by atoms with Gasteiger partial charge in [-0.3, -0.25) is 4.79 Å². The Morgan fingerprint density at radius 3 is 2.83 bits per heavy atom. The van der Waals surface area contributed by atoms with E-state index < -0.39 is 0 Å². The second-order valence-electron chi connectivity index (χ2n) is 4.04. The van der Waals surface area contributed by atoms with Gasteiger partial charge >= 0.3 is 0 Å². The lowest BCUT2D eigenvalue weighted by atomic mass is 10.1. The molecular weight excluding hydrogens is 248 g/mol. The van der Waals surface area contributed by atoms with Gasteiger partial charge in [-0.25, -0.2) is 0 Å². The van der Waals surface area contributed by atoms with Crippen molar-refractivity contribution in [1.29, 1.82) is 0 Å². The molecule has 0 heterocycles. The largest absolute Gasteiger partial charge is 0.493 e. The molecule has 0 unspecified atom stereocenters. The van der Waals surface area contributed by atoms with Crippen LogP contribution in [0.1, 0.15) is 17.5 Å². The second kappa shape index (κ2) is 6.96. The molecule has 0 aliphatic rings. The fourth-order valence-electron chi connectivity index (χ4n) is 1.41. The van der Waals surface area contributed by atoms with E-state index in [0.29, 0.717) is 6.61 Å². The fourth-order valence-corrected chi connectivity index (χ4v) is 1.48. The van der Waals surface area contributed by atoms with Crippen LogP contribution in [0.15, 0.2) is 18.2 Å². The molecule has 0 aliphatic carbocycles. The summed E-state index contributed by atoms with van der Waals surface area (Å²) in [5, 5.41) is 2.61. The Morgan fingerprint density at radius 2 is 2.17 bits per heavy atom. The molecular formula is C13H18N2O2S. The topological polar surface area (TPSA) is 64.3 Å². The summed E-state index contributed by atoms with van der Waals surface area (Å²) in [5.74, 6) is 0.699. The number of carbonyl (C=O) groups excluding carboxylic acids is 1. The lowest BCUT2D eigenvalue weighted by molar-refractivity contribution is -0.121. The summed E-state index contributed by atoms with van der Waals surface area (Å²) in [5.41, 5.74) is 7.55. The van der Waals surface area contributed by atoms with Gasteiger partial charge in [-0.1, -0.05) is 24.4 Å². The van der Waals surface area contributed by atoms with Crippen molar-refractivity contribution in [2.45, 2.75) is 20.3 Å². The van der Waals surface area contributed by atoms with E-state index in [4.69, 9.17) is 10.5 Å². The molecule has 0 radical (unpaired) electrons. The summed E-state index contributed by atoms with van der Waals surface area (Å²) in [7, 11) is 0. The molecule has 5 heteroatoms. The van der Waals surface area contributed by atoms with Crippen LogP contribution in [0.3, 0.4) is 0 Å². The van der Waals surface area contributed by atoms with Crippen molar-refractivity contribution in [3.63, 3.8) is 0 Å². The van der Waals surface area contributed by atoms with E-state index in [1.165, 1.54) is 5.56 Å². The highest BCUT2D eigenvalue weighted by Gasteiger charge is 2.04. The number of hydrogen-bond donors (Lipinski definition) is 2. The Morgan fingerprint density at radius 1 is 1.44 bits per heavy atom. The minimum atomic E-state index is -0.117. The van der Waals surface area contributed by atoms with Crippen LogP contribution >= 0.6 is 12.2 Å². The average molecular weight is 266 g/mol. The van der Waals surface area contributed by atoms with Crippen molar-refractivity contribution < 1.29 is 9.53 Å². The van der Waals surface area contributed by atoms with E-state index in [-0.39, 0.29) is 23.9 Å². The van der Waals surface area contributed by atoms with Crippen molar-refractivity contribution in [1.82, 2.24) is 5.32 Å². The van der Waals surface area contributed by atoms with Crippen molar-refractivity contribution in [3.05, 3.63) is 29.3 Å². The van der Waals surface area contributed by atoms with E-state index in [9.17, 15) is 4.79 Å². The Balaban J connectivity index is 2.35. The zero-order valence-corrected chi connectivity index (χ0v) is 11.5. The Hall–Kier alpha value is -1.62. The summed E-state index contributed by atoms with van der Waals surface area (Å²) in [6, 6.07) is 5.86. The van der Waals surface area contributed by atoms with E-state index in [0.717, 1.165) is 11.3 Å². The number of carbonyl (C=O) groups is 1. The molecule has 0 saturated heterocycles. The smallest absolute Gasteiger partial charge is 0.223 e. The maximum atomic E-state index is 11.4. The predicted molar refractivity (Wildman–Crippen MR) is 75.8 cm³/mol. The molecule has 0 bridgehead atoms. The van der Waals surface area contributed by atoms with E-state index in [1.807, 2.05) is 32.0 Å². The lowest BCUT2D eigenvalue weighted by Crippen LogP contribution is -2.32. The number of ether oxygens (including phenoxy) is 1. The third kappa shape index (κ3) is 4.71. The molecule has 1 aromatic rings. The molecule has 1 rings (SSSR count). The SMILES string of the molecule is Cc1cccc(OCCC(=O)NCC(N)=S)c1C. The van der Waals surface area contributed by atoms with Crippen LogP contribution in [0.2, 0.25) is 0 Å². The first-order chi connectivity index (χ1) is 8.50. The second-order valence-corrected chi connectivity index (χ2v) is 4.56. The summed E-state index contributed by atoms with van der Waals surface area (Å²) < 4.78 is 5.57. The average Bonchev–Trinajstić information content (AvgIpc) is 2.32. The Kier molecular flexibility index (Phi) is 5.58. The first-order valence-corrected chi connectivity index (χ1v) is 6.15. The van der Waals surface area contributed by atoms with Crippen LogP contribution in [-0.2, 0) is 4.79 Å². The molecule has 0 fully saturated rings. The first-order valence-electron chi connectivity index (χ1n) is 5.74. The molecule has 4 nitrogen and oxygen atoms in total. The van der Waals surface area contributed by atoms with Gasteiger partial charge in [0.05, 0.1) is 24.6 Å². The summed E-state index contributed by atoms with van der Waals surface area (Å²) in [6.45, 7) is 4.60. The van der Waals surface area contributed by atoms with Gasteiger partial charge in [0, 0.05) is 0 Å². The monoisotopic (exact) mass is 266 g/mol. The van der Waals surface area contributed by atoms with Gasteiger partial charge in [-0.2, -0.15) is 0 Å². The summed E-state index contributed by atoms with van der Waals surface area (Å²) in [4.78, 5) is 11.7. The van der Waals surface area contributed by atoms with Crippen molar-refractivity contribution >= 4 is 23.1 Å². The minimum Gasteiger partial charge on any atom is -0.493 e. The van der Waals surface area contributed by atoms with Gasteiger partial charge < -0.3 is 15.8 Å². The van der Waals surface area contributed by atoms with Gasteiger partial charge in [0.15, 0.2) is 0 Å². The zero-order chi connectivity index (χ0) is 13.5. The number of nitrogens with one attached hydrogen (secondary N) is 1. The van der Waals surface area contributed by atoms with Gasteiger partial charge in [-0.05, 0) is 31.0 Å². The molecule has 1 aromatic carbocycles. The summed E-state index contributed by atoms with van der Waals surface area (Å²) in [6.07, 6.45) is 0.288. The number of rotatable bonds is 6. The normalized spacial score (nSPS) is 9.89. The third-order valence-corrected chi connectivity index (χ3v) is 2.75.